The number of thiophene rings is 1. The second kappa shape index (κ2) is 9.55. The average molecular weight is 468 g/mol. The standard InChI is InChI=1S/C25H29N3O4S/c1-31-19-11-10-16(14-20(19)32-17-6-2-3-7-17)27-22(29)12-13-28-15-26-24-23(25(28)30)18-8-4-5-9-21(18)33-24/h10-11,14-15,17H,2-9,12-13H2,1H3,(H,27,29). The van der Waals surface area contributed by atoms with E-state index < -0.39 is 0 Å². The first-order chi connectivity index (χ1) is 16.1. The fraction of sp³-hybridized carbons (Fsp3) is 0.480. The molecule has 0 spiro atoms. The SMILES string of the molecule is COc1ccc(NC(=O)CCn2cnc3sc4c(c3c2=O)CCCC4)cc1OC1CCCC1. The molecule has 0 unspecified atom stereocenters. The number of aryl methyl sites for hydroxylation is 3. The van der Waals surface area contributed by atoms with Gasteiger partial charge < -0.3 is 14.8 Å². The third kappa shape index (κ3) is 4.62. The minimum Gasteiger partial charge on any atom is -0.493 e. The Labute approximate surface area is 196 Å². The van der Waals surface area contributed by atoms with E-state index in [1.165, 1.54) is 29.7 Å². The average Bonchev–Trinajstić information content (AvgIpc) is 3.46. The molecular formula is C25H29N3O4S. The zero-order chi connectivity index (χ0) is 22.8. The van der Waals surface area contributed by atoms with Crippen LogP contribution in [0.5, 0.6) is 11.5 Å². The lowest BCUT2D eigenvalue weighted by atomic mass is 9.97. The number of amides is 1. The van der Waals surface area contributed by atoms with Crippen LogP contribution in [0.3, 0.4) is 0 Å². The summed E-state index contributed by atoms with van der Waals surface area (Å²) in [4.78, 5) is 32.3. The van der Waals surface area contributed by atoms with Crippen molar-refractivity contribution in [2.45, 2.75) is 70.4 Å². The molecule has 1 N–H and O–H groups in total. The topological polar surface area (TPSA) is 82.5 Å². The Hall–Kier alpha value is -2.87. The molecule has 1 aromatic carbocycles. The van der Waals surface area contributed by atoms with Crippen molar-refractivity contribution in [3.63, 3.8) is 0 Å². The molecule has 174 valence electrons. The van der Waals surface area contributed by atoms with E-state index in [0.717, 1.165) is 42.3 Å². The first kappa shape index (κ1) is 21.9. The van der Waals surface area contributed by atoms with Crippen molar-refractivity contribution >= 4 is 33.1 Å². The fourth-order valence-electron chi connectivity index (χ4n) is 4.82. The molecule has 2 aliphatic rings. The zero-order valence-corrected chi connectivity index (χ0v) is 19.7. The molecule has 1 saturated carbocycles. The summed E-state index contributed by atoms with van der Waals surface area (Å²) < 4.78 is 13.1. The van der Waals surface area contributed by atoms with Gasteiger partial charge in [-0.2, -0.15) is 0 Å². The third-order valence-electron chi connectivity index (χ3n) is 6.56. The van der Waals surface area contributed by atoms with E-state index in [0.29, 0.717) is 23.7 Å². The van der Waals surface area contributed by atoms with Gasteiger partial charge in [0.05, 0.1) is 24.9 Å². The summed E-state index contributed by atoms with van der Waals surface area (Å²) in [5.74, 6) is 1.14. The Morgan fingerprint density at radius 1 is 1.18 bits per heavy atom. The lowest BCUT2D eigenvalue weighted by molar-refractivity contribution is -0.116. The number of benzene rings is 1. The van der Waals surface area contributed by atoms with Gasteiger partial charge in [0.25, 0.3) is 5.56 Å². The molecule has 1 fully saturated rings. The van der Waals surface area contributed by atoms with Crippen LogP contribution in [-0.2, 0) is 24.2 Å². The highest BCUT2D eigenvalue weighted by Crippen LogP contribution is 2.35. The molecule has 0 radical (unpaired) electrons. The number of aromatic nitrogens is 2. The predicted octanol–water partition coefficient (Wildman–Crippen LogP) is 4.70. The smallest absolute Gasteiger partial charge is 0.262 e. The summed E-state index contributed by atoms with van der Waals surface area (Å²) in [5, 5.41) is 3.67. The van der Waals surface area contributed by atoms with Crippen LogP contribution in [0.25, 0.3) is 10.2 Å². The molecular weight excluding hydrogens is 438 g/mol. The predicted molar refractivity (Wildman–Crippen MR) is 130 cm³/mol. The number of anilines is 1. The van der Waals surface area contributed by atoms with Gasteiger partial charge in [-0.15, -0.1) is 11.3 Å². The minimum absolute atomic E-state index is 0.0381. The van der Waals surface area contributed by atoms with Crippen LogP contribution in [0.2, 0.25) is 0 Å². The summed E-state index contributed by atoms with van der Waals surface area (Å²) in [7, 11) is 1.61. The molecule has 1 amide bonds. The van der Waals surface area contributed by atoms with Crippen LogP contribution >= 0.6 is 11.3 Å². The molecule has 33 heavy (non-hydrogen) atoms. The molecule has 2 heterocycles. The second-order valence-corrected chi connectivity index (χ2v) is 9.91. The fourth-order valence-corrected chi connectivity index (χ4v) is 6.04. The lowest BCUT2D eigenvalue weighted by Crippen LogP contribution is -2.24. The number of carbonyl (C=O) groups excluding carboxylic acids is 1. The Balaban J connectivity index is 1.26. The summed E-state index contributed by atoms with van der Waals surface area (Å²) in [5.41, 5.74) is 1.79. The number of rotatable bonds is 7. The van der Waals surface area contributed by atoms with Crippen LogP contribution in [0.4, 0.5) is 5.69 Å². The van der Waals surface area contributed by atoms with Crippen molar-refractivity contribution in [2.75, 3.05) is 12.4 Å². The van der Waals surface area contributed by atoms with E-state index in [4.69, 9.17) is 9.47 Å². The highest BCUT2D eigenvalue weighted by atomic mass is 32.1. The van der Waals surface area contributed by atoms with Crippen molar-refractivity contribution in [1.82, 2.24) is 9.55 Å². The molecule has 0 aliphatic heterocycles. The van der Waals surface area contributed by atoms with Crippen molar-refractivity contribution < 1.29 is 14.3 Å². The van der Waals surface area contributed by atoms with Gasteiger partial charge >= 0.3 is 0 Å². The van der Waals surface area contributed by atoms with Crippen molar-refractivity contribution in [1.29, 1.82) is 0 Å². The first-order valence-corrected chi connectivity index (χ1v) is 12.6. The Morgan fingerprint density at radius 2 is 2.00 bits per heavy atom. The lowest BCUT2D eigenvalue weighted by Gasteiger charge is -2.17. The third-order valence-corrected chi connectivity index (χ3v) is 7.76. The van der Waals surface area contributed by atoms with E-state index in [-0.39, 0.29) is 24.0 Å². The molecule has 3 aromatic rings. The summed E-state index contributed by atoms with van der Waals surface area (Å²) in [6.07, 6.45) is 10.7. The van der Waals surface area contributed by atoms with Crippen molar-refractivity contribution in [2.24, 2.45) is 0 Å². The van der Waals surface area contributed by atoms with E-state index in [9.17, 15) is 9.59 Å². The highest BCUT2D eigenvalue weighted by molar-refractivity contribution is 7.18. The molecule has 5 rings (SSSR count). The normalized spacial score (nSPS) is 16.0. The van der Waals surface area contributed by atoms with Gasteiger partial charge in [0, 0.05) is 29.6 Å². The van der Waals surface area contributed by atoms with Gasteiger partial charge in [-0.05, 0) is 69.1 Å². The summed E-state index contributed by atoms with van der Waals surface area (Å²) in [6.45, 7) is 0.291. The monoisotopic (exact) mass is 467 g/mol. The van der Waals surface area contributed by atoms with E-state index in [1.807, 2.05) is 12.1 Å². The van der Waals surface area contributed by atoms with Gasteiger partial charge in [0.15, 0.2) is 11.5 Å². The number of nitrogens with zero attached hydrogens (tertiary/aromatic N) is 2. The number of hydrogen-bond donors (Lipinski definition) is 1. The molecule has 8 heteroatoms. The summed E-state index contributed by atoms with van der Waals surface area (Å²) in [6, 6.07) is 5.42. The number of hydrogen-bond acceptors (Lipinski definition) is 6. The number of nitrogens with one attached hydrogen (secondary N) is 1. The van der Waals surface area contributed by atoms with Crippen LogP contribution in [0.15, 0.2) is 29.3 Å². The first-order valence-electron chi connectivity index (χ1n) is 11.8. The zero-order valence-electron chi connectivity index (χ0n) is 18.9. The molecule has 0 saturated heterocycles. The van der Waals surface area contributed by atoms with Crippen LogP contribution in [0, 0.1) is 0 Å². The van der Waals surface area contributed by atoms with Gasteiger partial charge in [-0.1, -0.05) is 0 Å². The maximum atomic E-state index is 13.1. The number of carbonyl (C=O) groups is 1. The molecule has 0 bridgehead atoms. The van der Waals surface area contributed by atoms with Crippen molar-refractivity contribution in [3.05, 3.63) is 45.3 Å². The van der Waals surface area contributed by atoms with Crippen LogP contribution in [0.1, 0.15) is 55.4 Å². The number of methoxy groups -OCH3 is 1. The van der Waals surface area contributed by atoms with Crippen LogP contribution < -0.4 is 20.3 Å². The minimum atomic E-state index is -0.161. The Bertz CT molecular complexity index is 1230. The Kier molecular flexibility index (Phi) is 6.35. The van der Waals surface area contributed by atoms with Gasteiger partial charge in [0.1, 0.15) is 4.83 Å². The number of fused-ring (bicyclic) bond motifs is 3. The second-order valence-electron chi connectivity index (χ2n) is 8.82. The quantitative estimate of drug-likeness (QED) is 0.545. The van der Waals surface area contributed by atoms with Gasteiger partial charge in [-0.3, -0.25) is 14.2 Å². The maximum absolute atomic E-state index is 13.1. The largest absolute Gasteiger partial charge is 0.493 e. The molecule has 2 aromatic heterocycles. The number of ether oxygens (including phenoxy) is 2. The summed E-state index contributed by atoms with van der Waals surface area (Å²) >= 11 is 1.64. The van der Waals surface area contributed by atoms with E-state index >= 15 is 0 Å². The Morgan fingerprint density at radius 3 is 2.82 bits per heavy atom. The van der Waals surface area contributed by atoms with Gasteiger partial charge in [-0.25, -0.2) is 4.98 Å². The highest BCUT2D eigenvalue weighted by Gasteiger charge is 2.21. The van der Waals surface area contributed by atoms with Crippen molar-refractivity contribution in [3.8, 4) is 11.5 Å². The molecule has 7 nitrogen and oxygen atoms in total. The van der Waals surface area contributed by atoms with E-state index in [2.05, 4.69) is 10.3 Å². The maximum Gasteiger partial charge on any atom is 0.262 e. The molecule has 2 aliphatic carbocycles. The van der Waals surface area contributed by atoms with Gasteiger partial charge in [0.2, 0.25) is 5.91 Å². The van der Waals surface area contributed by atoms with Crippen LogP contribution in [-0.4, -0.2) is 28.7 Å². The van der Waals surface area contributed by atoms with E-state index in [1.54, 1.807) is 35.4 Å². The molecule has 0 atom stereocenters.